The number of amides is 1. The molecule has 2 saturated heterocycles. The summed E-state index contributed by atoms with van der Waals surface area (Å²) in [7, 11) is 0. The fraction of sp³-hybridized carbons (Fsp3) is 0.500. The van der Waals surface area contributed by atoms with E-state index in [-0.39, 0.29) is 5.91 Å². The predicted molar refractivity (Wildman–Crippen MR) is 112 cm³/mol. The number of carbonyl (C=O) groups is 1. The molecule has 2 fully saturated rings. The Morgan fingerprint density at radius 1 is 0.929 bits per heavy atom. The minimum atomic E-state index is 0.109. The summed E-state index contributed by atoms with van der Waals surface area (Å²) in [4.78, 5) is 19.2. The number of piperazine rings is 1. The summed E-state index contributed by atoms with van der Waals surface area (Å²) in [5, 5.41) is 9.04. The molecule has 3 heterocycles. The molecular formula is C22H29N5O. The molecule has 0 aliphatic carbocycles. The highest BCUT2D eigenvalue weighted by Gasteiger charge is 2.25. The van der Waals surface area contributed by atoms with Crippen LogP contribution in [-0.4, -0.2) is 59.8 Å². The molecule has 1 amide bonds. The Labute approximate surface area is 167 Å². The first kappa shape index (κ1) is 18.7. The van der Waals surface area contributed by atoms with E-state index >= 15 is 0 Å². The lowest BCUT2D eigenvalue weighted by Gasteiger charge is -2.37. The Morgan fingerprint density at radius 2 is 1.64 bits per heavy atom. The third-order valence-electron chi connectivity index (χ3n) is 5.94. The largest absolute Gasteiger partial charge is 0.352 e. The molecule has 0 N–H and O–H groups in total. The molecule has 6 nitrogen and oxygen atoms in total. The maximum absolute atomic E-state index is 12.6. The van der Waals surface area contributed by atoms with Crippen molar-refractivity contribution in [2.75, 3.05) is 42.5 Å². The lowest BCUT2D eigenvalue weighted by molar-refractivity contribution is 0.0746. The molecule has 2 aliphatic rings. The fourth-order valence-corrected chi connectivity index (χ4v) is 4.27. The summed E-state index contributed by atoms with van der Waals surface area (Å²) in [5.74, 6) is 2.01. The van der Waals surface area contributed by atoms with Crippen LogP contribution in [0.1, 0.15) is 43.0 Å². The van der Waals surface area contributed by atoms with E-state index in [1.54, 1.807) is 0 Å². The van der Waals surface area contributed by atoms with Gasteiger partial charge in [0.2, 0.25) is 0 Å². The predicted octanol–water partition coefficient (Wildman–Crippen LogP) is 3.21. The molecule has 0 saturated carbocycles. The third-order valence-corrected chi connectivity index (χ3v) is 5.94. The minimum absolute atomic E-state index is 0.109. The molecule has 4 rings (SSSR count). The number of hydrogen-bond donors (Lipinski definition) is 0. The highest BCUT2D eigenvalue weighted by atomic mass is 16.2. The van der Waals surface area contributed by atoms with Gasteiger partial charge in [-0.25, -0.2) is 0 Å². The van der Waals surface area contributed by atoms with E-state index in [1.165, 1.54) is 19.3 Å². The number of rotatable bonds is 4. The summed E-state index contributed by atoms with van der Waals surface area (Å²) in [6.45, 7) is 6.32. The SMILES string of the molecule is CCC1CCCCN1c1ccc(N2CCN(C(=O)c3ccccc3)CC2)nn1. The van der Waals surface area contributed by atoms with Gasteiger partial charge in [0, 0.05) is 44.3 Å². The van der Waals surface area contributed by atoms with Crippen LogP contribution in [0.4, 0.5) is 11.6 Å². The second-order valence-electron chi connectivity index (χ2n) is 7.65. The van der Waals surface area contributed by atoms with E-state index in [1.807, 2.05) is 35.2 Å². The molecule has 1 unspecified atom stereocenters. The molecular weight excluding hydrogens is 350 g/mol. The van der Waals surface area contributed by atoms with E-state index in [9.17, 15) is 4.79 Å². The first-order chi connectivity index (χ1) is 13.8. The van der Waals surface area contributed by atoms with E-state index in [0.29, 0.717) is 19.1 Å². The standard InChI is InChI=1S/C22H29N5O/c1-2-19-10-6-7-13-27(19)21-12-11-20(23-24-21)25-14-16-26(17-15-25)22(28)18-8-4-3-5-9-18/h3-5,8-9,11-12,19H,2,6-7,10,13-17H2,1H3. The Morgan fingerprint density at radius 3 is 2.32 bits per heavy atom. The van der Waals surface area contributed by atoms with Crippen molar-refractivity contribution >= 4 is 17.5 Å². The van der Waals surface area contributed by atoms with Crippen molar-refractivity contribution < 1.29 is 4.79 Å². The molecule has 28 heavy (non-hydrogen) atoms. The first-order valence-corrected chi connectivity index (χ1v) is 10.5. The summed E-state index contributed by atoms with van der Waals surface area (Å²) in [5.41, 5.74) is 0.757. The number of carbonyl (C=O) groups excluding carboxylic acids is 1. The van der Waals surface area contributed by atoms with Crippen molar-refractivity contribution in [1.29, 1.82) is 0 Å². The van der Waals surface area contributed by atoms with Gasteiger partial charge in [0.05, 0.1) is 0 Å². The highest BCUT2D eigenvalue weighted by molar-refractivity contribution is 5.94. The number of hydrogen-bond acceptors (Lipinski definition) is 5. The summed E-state index contributed by atoms with van der Waals surface area (Å²) in [6, 6.07) is 14.3. The zero-order valence-electron chi connectivity index (χ0n) is 16.6. The van der Waals surface area contributed by atoms with E-state index in [0.717, 1.165) is 43.3 Å². The van der Waals surface area contributed by atoms with Crippen LogP contribution in [0.2, 0.25) is 0 Å². The number of piperidine rings is 1. The van der Waals surface area contributed by atoms with Gasteiger partial charge in [-0.05, 0) is 49.9 Å². The quantitative estimate of drug-likeness (QED) is 0.816. The van der Waals surface area contributed by atoms with Crippen LogP contribution in [0.15, 0.2) is 42.5 Å². The lowest BCUT2D eigenvalue weighted by atomic mass is 10.0. The van der Waals surface area contributed by atoms with E-state index < -0.39 is 0 Å². The molecule has 0 spiro atoms. The van der Waals surface area contributed by atoms with Crippen LogP contribution in [0.3, 0.4) is 0 Å². The smallest absolute Gasteiger partial charge is 0.253 e. The summed E-state index contributed by atoms with van der Waals surface area (Å²) >= 11 is 0. The van der Waals surface area contributed by atoms with Gasteiger partial charge >= 0.3 is 0 Å². The monoisotopic (exact) mass is 379 g/mol. The number of nitrogens with zero attached hydrogens (tertiary/aromatic N) is 5. The Kier molecular flexibility index (Phi) is 5.74. The first-order valence-electron chi connectivity index (χ1n) is 10.5. The van der Waals surface area contributed by atoms with E-state index in [4.69, 9.17) is 0 Å². The van der Waals surface area contributed by atoms with Crippen molar-refractivity contribution in [3.63, 3.8) is 0 Å². The molecule has 1 aromatic heterocycles. The van der Waals surface area contributed by atoms with Gasteiger partial charge in [0.25, 0.3) is 5.91 Å². The van der Waals surface area contributed by atoms with Gasteiger partial charge in [-0.1, -0.05) is 25.1 Å². The topological polar surface area (TPSA) is 52.6 Å². The number of anilines is 2. The maximum Gasteiger partial charge on any atom is 0.253 e. The van der Waals surface area contributed by atoms with Crippen LogP contribution < -0.4 is 9.80 Å². The summed E-state index contributed by atoms with van der Waals surface area (Å²) < 4.78 is 0. The van der Waals surface area contributed by atoms with E-state index in [2.05, 4.69) is 39.1 Å². The van der Waals surface area contributed by atoms with Gasteiger partial charge in [0.1, 0.15) is 0 Å². The van der Waals surface area contributed by atoms with Crippen LogP contribution in [0, 0.1) is 0 Å². The van der Waals surface area contributed by atoms with Crippen molar-refractivity contribution in [2.24, 2.45) is 0 Å². The second-order valence-corrected chi connectivity index (χ2v) is 7.65. The lowest BCUT2D eigenvalue weighted by Crippen LogP contribution is -2.49. The van der Waals surface area contributed by atoms with Crippen molar-refractivity contribution in [2.45, 2.75) is 38.6 Å². The Hall–Kier alpha value is -2.63. The van der Waals surface area contributed by atoms with Gasteiger partial charge < -0.3 is 14.7 Å². The number of aromatic nitrogens is 2. The molecule has 148 valence electrons. The van der Waals surface area contributed by atoms with Gasteiger partial charge in [-0.3, -0.25) is 4.79 Å². The third kappa shape index (κ3) is 3.96. The molecule has 0 bridgehead atoms. The normalized spacial score (nSPS) is 20.3. The van der Waals surface area contributed by atoms with Crippen molar-refractivity contribution in [3.8, 4) is 0 Å². The van der Waals surface area contributed by atoms with Crippen LogP contribution in [0.25, 0.3) is 0 Å². The average molecular weight is 380 g/mol. The van der Waals surface area contributed by atoms with Crippen LogP contribution in [-0.2, 0) is 0 Å². The Balaban J connectivity index is 1.36. The second kappa shape index (κ2) is 8.59. The zero-order chi connectivity index (χ0) is 19.3. The van der Waals surface area contributed by atoms with Crippen LogP contribution in [0.5, 0.6) is 0 Å². The minimum Gasteiger partial charge on any atom is -0.352 e. The zero-order valence-corrected chi connectivity index (χ0v) is 16.6. The number of benzene rings is 1. The average Bonchev–Trinajstić information content (AvgIpc) is 2.79. The molecule has 2 aliphatic heterocycles. The maximum atomic E-state index is 12.6. The molecule has 1 atom stereocenters. The molecule has 1 aromatic carbocycles. The van der Waals surface area contributed by atoms with Crippen molar-refractivity contribution in [1.82, 2.24) is 15.1 Å². The fourth-order valence-electron chi connectivity index (χ4n) is 4.27. The molecule has 0 radical (unpaired) electrons. The van der Waals surface area contributed by atoms with Gasteiger partial charge in [0.15, 0.2) is 11.6 Å². The summed E-state index contributed by atoms with van der Waals surface area (Å²) in [6.07, 6.45) is 4.95. The molecule has 6 heteroatoms. The molecule has 2 aromatic rings. The van der Waals surface area contributed by atoms with Crippen LogP contribution >= 0.6 is 0 Å². The highest BCUT2D eigenvalue weighted by Crippen LogP contribution is 2.25. The van der Waals surface area contributed by atoms with Gasteiger partial charge in [-0.2, -0.15) is 0 Å². The Bertz CT molecular complexity index is 771. The van der Waals surface area contributed by atoms with Crippen molar-refractivity contribution in [3.05, 3.63) is 48.0 Å². The van der Waals surface area contributed by atoms with Gasteiger partial charge in [-0.15, -0.1) is 10.2 Å².